The molecule has 3 rings (SSSR count). The number of benzene rings is 2. The number of nitrogens with two attached hydrogens (primary N) is 1. The summed E-state index contributed by atoms with van der Waals surface area (Å²) >= 11 is 0. The number of methoxy groups -OCH3 is 1. The molecule has 0 unspecified atom stereocenters. The van der Waals surface area contributed by atoms with Gasteiger partial charge in [-0.05, 0) is 29.8 Å². The number of ether oxygens (including phenoxy) is 1. The number of hydrogen-bond donors (Lipinski definition) is 2. The van der Waals surface area contributed by atoms with E-state index in [1.54, 1.807) is 42.5 Å². The topological polar surface area (TPSA) is 107 Å². The van der Waals surface area contributed by atoms with Crippen LogP contribution >= 0.6 is 0 Å². The molecule has 0 saturated heterocycles. The second kappa shape index (κ2) is 6.16. The van der Waals surface area contributed by atoms with E-state index < -0.39 is 32.4 Å². The van der Waals surface area contributed by atoms with Crippen LogP contribution < -0.4 is 10.5 Å². The van der Waals surface area contributed by atoms with Gasteiger partial charge in [-0.15, -0.1) is 0 Å². The van der Waals surface area contributed by atoms with E-state index in [0.29, 0.717) is 11.3 Å². The third-order valence-electron chi connectivity index (χ3n) is 4.87. The summed E-state index contributed by atoms with van der Waals surface area (Å²) in [5.74, 6) is -1.29. The number of carboxylic acid groups (broad SMARTS) is 1. The van der Waals surface area contributed by atoms with Gasteiger partial charge < -0.3 is 15.6 Å². The lowest BCUT2D eigenvalue weighted by molar-refractivity contribution is -0.143. The Morgan fingerprint density at radius 2 is 1.76 bits per heavy atom. The van der Waals surface area contributed by atoms with Gasteiger partial charge in [0, 0.05) is 12.5 Å². The van der Waals surface area contributed by atoms with Crippen LogP contribution in [-0.4, -0.2) is 38.4 Å². The van der Waals surface area contributed by atoms with E-state index in [-0.39, 0.29) is 11.4 Å². The Hall–Kier alpha value is -2.38. The zero-order valence-electron chi connectivity index (χ0n) is 13.6. The fraction of sp³-hybridized carbons (Fsp3) is 0.278. The number of hydrogen-bond acceptors (Lipinski definition) is 5. The number of rotatable bonds is 6. The molecular weight excluding hydrogens is 342 g/mol. The molecule has 0 spiro atoms. The first kappa shape index (κ1) is 17.4. The highest BCUT2D eigenvalue weighted by molar-refractivity contribution is 7.92. The van der Waals surface area contributed by atoms with Crippen LogP contribution in [0.4, 0.5) is 0 Å². The quantitative estimate of drug-likeness (QED) is 0.810. The lowest BCUT2D eigenvalue weighted by atomic mass is 9.99. The van der Waals surface area contributed by atoms with Crippen LogP contribution in [0.15, 0.2) is 59.5 Å². The van der Waals surface area contributed by atoms with E-state index in [2.05, 4.69) is 0 Å². The standard InChI is InChI=1S/C18H19NO5S/c1-24-13-9-7-12(8-10-13)15-16(18(15,11-19)17(20)21)25(22,23)14-5-3-2-4-6-14/h2-10,15-16H,11,19H2,1H3,(H,20,21)/t15-,16+,18+/m1/s1. The van der Waals surface area contributed by atoms with Crippen LogP contribution in [0.25, 0.3) is 0 Å². The molecule has 2 aromatic carbocycles. The average molecular weight is 361 g/mol. The Balaban J connectivity index is 2.08. The first-order valence-electron chi connectivity index (χ1n) is 7.76. The lowest BCUT2D eigenvalue weighted by Gasteiger charge is -2.10. The zero-order chi connectivity index (χ0) is 18.2. The summed E-state index contributed by atoms with van der Waals surface area (Å²) in [6.45, 7) is -0.254. The molecule has 0 aliphatic heterocycles. The molecule has 0 radical (unpaired) electrons. The predicted octanol–water partition coefficient (Wildman–Crippen LogP) is 1.66. The van der Waals surface area contributed by atoms with E-state index >= 15 is 0 Å². The van der Waals surface area contributed by atoms with E-state index in [1.807, 2.05) is 0 Å². The Morgan fingerprint density at radius 3 is 2.24 bits per heavy atom. The maximum Gasteiger partial charge on any atom is 0.312 e. The number of carbonyl (C=O) groups is 1. The van der Waals surface area contributed by atoms with Crippen molar-refractivity contribution >= 4 is 15.8 Å². The minimum atomic E-state index is -3.84. The van der Waals surface area contributed by atoms with Crippen LogP contribution in [-0.2, 0) is 14.6 Å². The van der Waals surface area contributed by atoms with Crippen molar-refractivity contribution in [2.75, 3.05) is 13.7 Å². The minimum Gasteiger partial charge on any atom is -0.497 e. The molecule has 0 amide bonds. The van der Waals surface area contributed by atoms with Gasteiger partial charge in [0.05, 0.1) is 17.3 Å². The molecule has 3 atom stereocenters. The molecule has 1 aliphatic rings. The third kappa shape index (κ3) is 2.60. The van der Waals surface area contributed by atoms with Crippen LogP contribution in [0, 0.1) is 5.41 Å². The molecule has 3 N–H and O–H groups in total. The lowest BCUT2D eigenvalue weighted by Crippen LogP contribution is -2.31. The highest BCUT2D eigenvalue weighted by Gasteiger charge is 2.75. The van der Waals surface area contributed by atoms with Gasteiger partial charge in [0.15, 0.2) is 9.84 Å². The summed E-state index contributed by atoms with van der Waals surface area (Å²) in [5, 5.41) is 8.65. The molecule has 0 aromatic heterocycles. The molecule has 6 nitrogen and oxygen atoms in total. The Morgan fingerprint density at radius 1 is 1.16 bits per heavy atom. The molecule has 25 heavy (non-hydrogen) atoms. The molecule has 1 aliphatic carbocycles. The van der Waals surface area contributed by atoms with Gasteiger partial charge in [-0.25, -0.2) is 8.42 Å². The van der Waals surface area contributed by atoms with Gasteiger partial charge in [-0.1, -0.05) is 30.3 Å². The van der Waals surface area contributed by atoms with Crippen LogP contribution in [0.1, 0.15) is 11.5 Å². The van der Waals surface area contributed by atoms with E-state index in [4.69, 9.17) is 10.5 Å². The molecule has 132 valence electrons. The van der Waals surface area contributed by atoms with Gasteiger partial charge in [-0.2, -0.15) is 0 Å². The Kier molecular flexibility index (Phi) is 4.30. The molecule has 1 fully saturated rings. The van der Waals surface area contributed by atoms with Crippen molar-refractivity contribution < 1.29 is 23.1 Å². The third-order valence-corrected chi connectivity index (χ3v) is 7.16. The van der Waals surface area contributed by atoms with Crippen LogP contribution in [0.2, 0.25) is 0 Å². The molecule has 1 saturated carbocycles. The fourth-order valence-corrected chi connectivity index (χ4v) is 5.89. The summed E-state index contributed by atoms with van der Waals surface area (Å²) in [7, 11) is -2.31. The van der Waals surface area contributed by atoms with Gasteiger partial charge in [0.1, 0.15) is 11.2 Å². The largest absolute Gasteiger partial charge is 0.497 e. The van der Waals surface area contributed by atoms with Gasteiger partial charge in [0.2, 0.25) is 0 Å². The highest BCUT2D eigenvalue weighted by Crippen LogP contribution is 2.63. The Labute approximate surface area is 146 Å². The van der Waals surface area contributed by atoms with Crippen molar-refractivity contribution in [3.05, 3.63) is 60.2 Å². The fourth-order valence-electron chi connectivity index (χ4n) is 3.49. The van der Waals surface area contributed by atoms with Crippen molar-refractivity contribution in [3.8, 4) is 5.75 Å². The first-order chi connectivity index (χ1) is 11.9. The van der Waals surface area contributed by atoms with Gasteiger partial charge in [-0.3, -0.25) is 4.79 Å². The first-order valence-corrected chi connectivity index (χ1v) is 9.30. The van der Waals surface area contributed by atoms with Crippen molar-refractivity contribution in [2.24, 2.45) is 11.1 Å². The summed E-state index contributed by atoms with van der Waals surface area (Å²) in [5.41, 5.74) is 4.85. The molecule has 0 bridgehead atoms. The molecule has 7 heteroatoms. The number of aliphatic carboxylic acids is 1. The SMILES string of the molecule is COc1ccc([C@@H]2[C@H](S(=O)(=O)c3ccccc3)[C@@]2(CN)C(=O)O)cc1. The smallest absolute Gasteiger partial charge is 0.312 e. The van der Waals surface area contributed by atoms with Crippen LogP contribution in [0.3, 0.4) is 0 Å². The Bertz CT molecular complexity index is 879. The maximum atomic E-state index is 13.0. The van der Waals surface area contributed by atoms with Gasteiger partial charge >= 0.3 is 5.97 Å². The summed E-state index contributed by atoms with van der Waals surface area (Å²) < 4.78 is 31.2. The highest BCUT2D eigenvalue weighted by atomic mass is 32.2. The van der Waals surface area contributed by atoms with Gasteiger partial charge in [0.25, 0.3) is 0 Å². The zero-order valence-corrected chi connectivity index (χ0v) is 14.4. The monoisotopic (exact) mass is 361 g/mol. The second-order valence-corrected chi connectivity index (χ2v) is 8.15. The minimum absolute atomic E-state index is 0.107. The maximum absolute atomic E-state index is 13.0. The normalized spacial score (nSPS) is 25.4. The molecule has 0 heterocycles. The van der Waals surface area contributed by atoms with E-state index in [1.165, 1.54) is 19.2 Å². The summed E-state index contributed by atoms with van der Waals surface area (Å²) in [6.07, 6.45) is 0. The van der Waals surface area contributed by atoms with Crippen LogP contribution in [0.5, 0.6) is 5.75 Å². The summed E-state index contributed by atoms with van der Waals surface area (Å²) in [4.78, 5) is 12.0. The van der Waals surface area contributed by atoms with Crippen molar-refractivity contribution in [1.82, 2.24) is 0 Å². The molecule has 2 aromatic rings. The van der Waals surface area contributed by atoms with Crippen molar-refractivity contribution in [1.29, 1.82) is 0 Å². The molecular formula is C18H19NO5S. The van der Waals surface area contributed by atoms with Crippen molar-refractivity contribution in [3.63, 3.8) is 0 Å². The van der Waals surface area contributed by atoms with E-state index in [0.717, 1.165) is 0 Å². The number of sulfone groups is 1. The number of carboxylic acids is 1. The van der Waals surface area contributed by atoms with E-state index in [9.17, 15) is 18.3 Å². The predicted molar refractivity (Wildman–Crippen MR) is 92.3 cm³/mol. The summed E-state index contributed by atoms with van der Waals surface area (Å²) in [6, 6.07) is 14.6. The van der Waals surface area contributed by atoms with Crippen molar-refractivity contribution in [2.45, 2.75) is 16.1 Å². The average Bonchev–Trinajstić information content (AvgIpc) is 3.34. The second-order valence-electron chi connectivity index (χ2n) is 6.08.